The number of ether oxygens (including phenoxy) is 2. The second-order valence-electron chi connectivity index (χ2n) is 34.1. The number of rotatable bonds is 34. The zero-order valence-electron chi connectivity index (χ0n) is 84.7. The van der Waals surface area contributed by atoms with Gasteiger partial charge in [0.05, 0.1) is 37.9 Å². The summed E-state index contributed by atoms with van der Waals surface area (Å²) in [6.07, 6.45) is 1.92. The standard InChI is InChI=1S/2C12H13NO.2C11H8N2O.2C11H11NO2.2C11H11NO.2C10H9NO.10Al.5O/c2*1-3-9-7-8(2)13-12-10(9)5-4-6-11(12)14;1-7-6-9(12-2)8-4-3-5-10(14)11(8)13-7;1-7-5-8(6-12)9-3-2-4-10(14)11(9)13-7;2*1-7-6-10(14-2)8-4-3-5-9(13)11(8)12-7;2*1-7-6-8(2)12-11-9(7)4-3-5-10(11)13;2*1-7-5-6-8-3-2-4-9(12)10(8)11-7;;;;;;;;;;;;;;;/h2*4-7,14H,3H2,1-2H3;3-6,14H,1H3;2-5,14H,1H3;2*3-6,13H,1-2H3;2*3-6,13H,1-2H3;2*2-6,12H,1H3;;;;;;;;;;;;;;;/q;;;;;;;;;;10*+1;;;;;/p-10. The summed E-state index contributed by atoms with van der Waals surface area (Å²) >= 11 is -7.34. The lowest BCUT2D eigenvalue weighted by Crippen LogP contribution is -2.16. The number of nitrogens with zero attached hydrogens (tertiary/aromatic N) is 12. The van der Waals surface area contributed by atoms with Crippen molar-refractivity contribution in [3.8, 4) is 75.1 Å². The van der Waals surface area contributed by atoms with Crippen molar-refractivity contribution >= 4 is 274 Å². The van der Waals surface area contributed by atoms with Crippen molar-refractivity contribution in [1.82, 2.24) is 49.8 Å². The van der Waals surface area contributed by atoms with Crippen LogP contribution in [0.15, 0.2) is 255 Å². The zero-order valence-corrected chi connectivity index (χ0v) is 96.3. The highest BCUT2D eigenvalue weighted by Crippen LogP contribution is 2.39. The third-order valence-electron chi connectivity index (χ3n) is 23.3. The molecule has 0 aliphatic carbocycles. The summed E-state index contributed by atoms with van der Waals surface area (Å²) in [6.45, 7) is 35.4. The molecule has 20 rings (SSSR count). The Labute approximate surface area is 931 Å². The molecule has 0 saturated heterocycles. The summed E-state index contributed by atoms with van der Waals surface area (Å²) in [7, 11) is 3.30. The number of hydrogen-bond acceptors (Lipinski definition) is 28. The first-order valence-electron chi connectivity index (χ1n) is 47.4. The Morgan fingerprint density at radius 3 is 0.785 bits per heavy atom. The third-order valence-corrected chi connectivity index (χ3v) is 31.3. The van der Waals surface area contributed by atoms with E-state index in [0.29, 0.717) is 45.3 Å². The number of hydrogen-bond donors (Lipinski definition) is 0. The van der Waals surface area contributed by atoms with Crippen LogP contribution in [0.1, 0.15) is 98.6 Å². The van der Waals surface area contributed by atoms with Gasteiger partial charge in [0.1, 0.15) is 119 Å². The fourth-order valence-electron chi connectivity index (χ4n) is 16.7. The topological polar surface area (TPSA) is 314 Å². The molecule has 29 nitrogen and oxygen atoms in total. The molecule has 20 aromatic rings. The van der Waals surface area contributed by atoms with Gasteiger partial charge in [-0.05, 0) is 240 Å². The smallest absolute Gasteiger partial charge is 0.626 e. The van der Waals surface area contributed by atoms with Crippen molar-refractivity contribution in [3.05, 3.63) is 351 Å². The van der Waals surface area contributed by atoms with E-state index in [9.17, 15) is 5.26 Å². The first-order chi connectivity index (χ1) is 72.5. The lowest BCUT2D eigenvalue weighted by Gasteiger charge is -2.14. The fourth-order valence-corrected chi connectivity index (χ4v) is 22.8. The molecule has 10 aromatic carbocycles. The normalized spacial score (nSPS) is 10.7. The molecule has 726 valence electrons. The van der Waals surface area contributed by atoms with Gasteiger partial charge in [-0.1, -0.05) is 135 Å². The minimum absolute atomic E-state index is 0.549. The van der Waals surface area contributed by atoms with Crippen LogP contribution in [0.5, 0.6) is 69.0 Å². The van der Waals surface area contributed by atoms with Gasteiger partial charge in [0.25, 0.3) is 0 Å². The highest BCUT2D eigenvalue weighted by molar-refractivity contribution is 6.38. The average molecular weight is 2130 g/mol. The maximum absolute atomic E-state index is 9.36. The number of para-hydroxylation sites is 10. The molecule has 149 heavy (non-hydrogen) atoms. The van der Waals surface area contributed by atoms with Crippen LogP contribution in [0.2, 0.25) is 0 Å². The van der Waals surface area contributed by atoms with Crippen molar-refractivity contribution in [2.75, 3.05) is 14.2 Å². The van der Waals surface area contributed by atoms with E-state index < -0.39 is 159 Å². The van der Waals surface area contributed by atoms with Crippen molar-refractivity contribution in [1.29, 1.82) is 5.26 Å². The Hall–Kier alpha value is -12.0. The molecule has 10 radical (unpaired) electrons. The van der Waals surface area contributed by atoms with E-state index in [0.717, 1.165) is 214 Å². The molecule has 0 N–H and O–H groups in total. The van der Waals surface area contributed by atoms with E-state index in [-0.39, 0.29) is 0 Å². The van der Waals surface area contributed by atoms with Gasteiger partial charge in [0, 0.05) is 123 Å². The van der Waals surface area contributed by atoms with E-state index in [2.05, 4.69) is 137 Å². The molecular formula is C110H94Al10N12O17. The van der Waals surface area contributed by atoms with Gasteiger partial charge in [0.15, 0.2) is 5.69 Å². The Bertz CT molecular complexity index is 7710. The van der Waals surface area contributed by atoms with E-state index in [1.807, 2.05) is 263 Å². The van der Waals surface area contributed by atoms with Crippen LogP contribution < -0.4 is 47.4 Å². The van der Waals surface area contributed by atoms with Gasteiger partial charge in [-0.2, -0.15) is 5.26 Å². The van der Waals surface area contributed by atoms with Crippen LogP contribution >= 0.6 is 0 Å². The van der Waals surface area contributed by atoms with E-state index in [1.54, 1.807) is 26.4 Å². The number of fused-ring (bicyclic) bond motifs is 10. The van der Waals surface area contributed by atoms with Crippen LogP contribution in [-0.2, 0) is 27.0 Å². The van der Waals surface area contributed by atoms with Crippen LogP contribution in [0, 0.1) is 101 Å². The lowest BCUT2D eigenvalue weighted by molar-refractivity contribution is 0.415. The highest BCUT2D eigenvalue weighted by Gasteiger charge is 2.23. The molecule has 10 heterocycles. The number of aryl methyl sites for hydroxylation is 14. The van der Waals surface area contributed by atoms with E-state index in [1.165, 1.54) is 22.3 Å². The Morgan fingerprint density at radius 1 is 0.242 bits per heavy atom. The predicted octanol–water partition coefficient (Wildman–Crippen LogP) is 21.9. The maximum Gasteiger partial charge on any atom is 0.743 e. The van der Waals surface area contributed by atoms with Gasteiger partial charge < -0.3 is 61.6 Å². The Kier molecular flexibility index (Phi) is 39.5. The quantitative estimate of drug-likeness (QED) is 0.0205. The number of methoxy groups -OCH3 is 2. The fraction of sp³-hybridized carbons (Fsp3) is 0.164. The molecular weight excluding hydrogens is 2030 g/mol. The predicted molar refractivity (Wildman–Crippen MR) is 586 cm³/mol. The number of pyridine rings is 10. The molecule has 0 unspecified atom stereocenters. The molecule has 0 spiro atoms. The van der Waals surface area contributed by atoms with Crippen LogP contribution in [0.4, 0.5) is 5.69 Å². The number of nitriles is 1. The first-order valence-corrected chi connectivity index (χ1v) is 56.8. The summed E-state index contributed by atoms with van der Waals surface area (Å²) < 4.78 is 98.4. The Morgan fingerprint density at radius 2 is 0.477 bits per heavy atom. The molecule has 0 fully saturated rings. The minimum atomic E-state index is -0.831. The van der Waals surface area contributed by atoms with Crippen LogP contribution in [-0.4, -0.2) is 223 Å². The lowest BCUT2D eigenvalue weighted by atomic mass is 10.1. The second kappa shape index (κ2) is 53.6. The monoisotopic (exact) mass is 2120 g/mol. The van der Waals surface area contributed by atoms with Gasteiger partial charge in [-0.15, -0.1) is 0 Å². The van der Waals surface area contributed by atoms with Crippen molar-refractivity contribution in [2.24, 2.45) is 0 Å². The number of benzene rings is 10. The highest BCUT2D eigenvalue weighted by atomic mass is 27.3. The molecule has 0 aliphatic heterocycles. The van der Waals surface area contributed by atoms with E-state index >= 15 is 0 Å². The van der Waals surface area contributed by atoms with Crippen molar-refractivity contribution in [3.63, 3.8) is 0 Å². The summed E-state index contributed by atoms with van der Waals surface area (Å²) in [4.78, 5) is 49.6. The summed E-state index contributed by atoms with van der Waals surface area (Å²) in [5.74, 6) is 8.56. The first kappa shape index (κ1) is 110. The summed E-state index contributed by atoms with van der Waals surface area (Å²) in [5, 5.41) is 19.3. The van der Waals surface area contributed by atoms with Crippen LogP contribution in [0.25, 0.3) is 114 Å². The SMILES string of the molecule is CCc1cc(C)nc2c([O][Al][O][Al][O]c3cccc4c(CC)cc(C)nc34)cccc12.COc1cc(C)nc2c([O][Al][O][Al][O]c3cccc4c(OC)cc(C)nc34)cccc12.Cc1cc(C)c2cccc([O][Al][O][Al][O]c3cccc4c(C)cc(C)nc34)c2n1.Cc1ccc2cccc([O][Al][O][Al][O]c3cccc4ccc(C)nc34)c2n1.[C-]#[N+]c1cc(C)nc2c([O][Al][O][Al][O]c3cccc4c(C#N)cc(C)nc34)cccc12. The van der Waals surface area contributed by atoms with Crippen molar-refractivity contribution in [2.45, 2.75) is 110 Å². The summed E-state index contributed by atoms with van der Waals surface area (Å²) in [6, 6.07) is 84.4. The molecule has 0 bridgehead atoms. The van der Waals surface area contributed by atoms with Crippen LogP contribution in [0.3, 0.4) is 0 Å². The largest absolute Gasteiger partial charge is 0.743 e. The Balaban J connectivity index is 0.000000133. The molecule has 0 amide bonds. The average Bonchev–Trinajstić information content (AvgIpc) is 0.793. The van der Waals surface area contributed by atoms with Gasteiger partial charge >= 0.3 is 159 Å². The minimum Gasteiger partial charge on any atom is -0.626 e. The summed E-state index contributed by atoms with van der Waals surface area (Å²) in [5.41, 5.74) is 23.2. The molecule has 0 atom stereocenters. The number of aromatic nitrogens is 10. The third kappa shape index (κ3) is 28.3. The van der Waals surface area contributed by atoms with E-state index in [4.69, 9.17) is 68.1 Å². The van der Waals surface area contributed by atoms with Gasteiger partial charge in [0.2, 0.25) is 0 Å². The zero-order chi connectivity index (χ0) is 104. The van der Waals surface area contributed by atoms with Gasteiger partial charge in [-0.3, -0.25) is 4.98 Å². The molecule has 10 aromatic heterocycles. The second-order valence-corrected chi connectivity index (χ2v) is 43.8. The molecule has 39 heteroatoms. The van der Waals surface area contributed by atoms with Crippen molar-refractivity contribution < 1.29 is 61.6 Å². The maximum atomic E-state index is 9.36. The van der Waals surface area contributed by atoms with Gasteiger partial charge in [-0.25, -0.2) is 49.7 Å². The molecule has 0 saturated carbocycles. The molecule has 0 aliphatic rings.